The van der Waals surface area contributed by atoms with Gasteiger partial charge in [0, 0.05) is 17.5 Å². The van der Waals surface area contributed by atoms with Crippen molar-refractivity contribution in [3.63, 3.8) is 0 Å². The van der Waals surface area contributed by atoms with Crippen molar-refractivity contribution in [1.29, 1.82) is 0 Å². The van der Waals surface area contributed by atoms with Gasteiger partial charge < -0.3 is 15.4 Å². The number of thiazole rings is 1. The van der Waals surface area contributed by atoms with E-state index >= 15 is 0 Å². The van der Waals surface area contributed by atoms with Crippen LogP contribution in [-0.4, -0.2) is 24.0 Å². The molecule has 1 aliphatic heterocycles. The van der Waals surface area contributed by atoms with Gasteiger partial charge in [-0.2, -0.15) is 0 Å². The highest BCUT2D eigenvalue weighted by atomic mass is 32.1. The number of rotatable bonds is 2. The van der Waals surface area contributed by atoms with E-state index in [9.17, 15) is 4.79 Å². The molecule has 0 fully saturated rings. The third kappa shape index (κ3) is 2.25. The van der Waals surface area contributed by atoms with Crippen LogP contribution in [0.1, 0.15) is 18.2 Å². The predicted molar refractivity (Wildman–Crippen MR) is 84.8 cm³/mol. The van der Waals surface area contributed by atoms with Crippen molar-refractivity contribution in [3.8, 4) is 17.0 Å². The van der Waals surface area contributed by atoms with E-state index in [1.54, 1.807) is 11.9 Å². The van der Waals surface area contributed by atoms with Gasteiger partial charge in [0.05, 0.1) is 11.4 Å². The van der Waals surface area contributed by atoms with Crippen molar-refractivity contribution in [2.75, 3.05) is 17.7 Å². The molecule has 21 heavy (non-hydrogen) atoms. The normalized spacial score (nSPS) is 17.6. The van der Waals surface area contributed by atoms with E-state index in [0.29, 0.717) is 11.6 Å². The molecule has 3 rings (SSSR count). The number of ether oxygens (including phenoxy) is 1. The summed E-state index contributed by atoms with van der Waals surface area (Å²) in [6.07, 6.45) is 0.261. The maximum atomic E-state index is 12.2. The molecule has 1 amide bonds. The fourth-order valence-corrected chi connectivity index (χ4v) is 3.22. The molecule has 2 heterocycles. The number of nitrogen functional groups attached to an aromatic ring is 1. The summed E-state index contributed by atoms with van der Waals surface area (Å²) >= 11 is 1.46. The molecule has 1 aromatic carbocycles. The summed E-state index contributed by atoms with van der Waals surface area (Å²) in [7, 11) is 1.78. The lowest BCUT2D eigenvalue weighted by molar-refractivity contribution is -0.126. The van der Waals surface area contributed by atoms with Crippen LogP contribution in [0.3, 0.4) is 0 Å². The zero-order chi connectivity index (χ0) is 15.1. The maximum Gasteiger partial charge on any atom is 0.267 e. The number of nitrogens with two attached hydrogens (primary N) is 1. The first-order chi connectivity index (χ1) is 10.0. The number of aromatic nitrogens is 1. The molecule has 5 nitrogen and oxygen atoms in total. The van der Waals surface area contributed by atoms with E-state index in [1.807, 2.05) is 32.0 Å². The Labute approximate surface area is 127 Å². The molecule has 2 N–H and O–H groups in total. The van der Waals surface area contributed by atoms with Crippen LogP contribution in [0.4, 0.5) is 10.8 Å². The summed E-state index contributed by atoms with van der Waals surface area (Å²) in [5.74, 6) is 0.713. The Balaban J connectivity index is 2.06. The number of nitrogens with zero attached hydrogens (tertiary/aromatic N) is 2. The van der Waals surface area contributed by atoms with Crippen molar-refractivity contribution in [3.05, 3.63) is 23.1 Å². The van der Waals surface area contributed by atoms with Crippen molar-refractivity contribution in [1.82, 2.24) is 4.98 Å². The lowest BCUT2D eigenvalue weighted by Gasteiger charge is -2.31. The van der Waals surface area contributed by atoms with E-state index in [4.69, 9.17) is 10.5 Å². The number of carbonyl (C=O) groups excluding carboxylic acids is 1. The van der Waals surface area contributed by atoms with E-state index in [0.717, 1.165) is 27.6 Å². The minimum absolute atomic E-state index is 0.0170. The lowest BCUT2D eigenvalue weighted by atomic mass is 10.1. The first-order valence-electron chi connectivity index (χ1n) is 6.82. The molecule has 1 atom stereocenters. The van der Waals surface area contributed by atoms with Crippen LogP contribution in [0.5, 0.6) is 5.75 Å². The highest BCUT2D eigenvalue weighted by molar-refractivity contribution is 7.15. The van der Waals surface area contributed by atoms with Crippen LogP contribution in [0, 0.1) is 6.92 Å². The Morgan fingerprint density at radius 2 is 2.24 bits per heavy atom. The summed E-state index contributed by atoms with van der Waals surface area (Å²) in [5, 5.41) is 0.548. The Morgan fingerprint density at radius 1 is 1.48 bits per heavy atom. The van der Waals surface area contributed by atoms with Crippen LogP contribution in [0.2, 0.25) is 0 Å². The summed E-state index contributed by atoms with van der Waals surface area (Å²) in [6, 6.07) is 5.78. The summed E-state index contributed by atoms with van der Waals surface area (Å²) in [6.45, 7) is 3.93. The third-order valence-electron chi connectivity index (χ3n) is 3.65. The number of benzene rings is 1. The summed E-state index contributed by atoms with van der Waals surface area (Å²) in [4.78, 5) is 19.3. The number of carbonyl (C=O) groups is 1. The molecule has 0 aliphatic carbocycles. The molecule has 110 valence electrons. The molecule has 0 saturated heterocycles. The van der Waals surface area contributed by atoms with Gasteiger partial charge in [-0.3, -0.25) is 4.79 Å². The topological polar surface area (TPSA) is 68.5 Å². The number of hydrogen-bond acceptors (Lipinski definition) is 5. The Morgan fingerprint density at radius 3 is 2.86 bits per heavy atom. The number of fused-ring (bicyclic) bond motifs is 1. The molecule has 0 saturated carbocycles. The molecule has 6 heteroatoms. The quantitative estimate of drug-likeness (QED) is 0.926. The Kier molecular flexibility index (Phi) is 3.33. The highest BCUT2D eigenvalue weighted by Gasteiger charge is 2.31. The van der Waals surface area contributed by atoms with Gasteiger partial charge in [-0.1, -0.05) is 6.92 Å². The number of amides is 1. The minimum Gasteiger partial charge on any atom is -0.478 e. The average Bonchev–Trinajstić information content (AvgIpc) is 2.81. The molecule has 0 radical (unpaired) electrons. The van der Waals surface area contributed by atoms with Gasteiger partial charge in [0.1, 0.15) is 5.75 Å². The van der Waals surface area contributed by atoms with Crippen LogP contribution in [0.25, 0.3) is 11.3 Å². The van der Waals surface area contributed by atoms with E-state index < -0.39 is 6.10 Å². The van der Waals surface area contributed by atoms with Crippen molar-refractivity contribution in [2.45, 2.75) is 26.4 Å². The molecule has 1 aliphatic rings. The zero-order valence-corrected chi connectivity index (χ0v) is 13.0. The second-order valence-corrected chi connectivity index (χ2v) is 6.29. The summed E-state index contributed by atoms with van der Waals surface area (Å²) < 4.78 is 5.76. The van der Waals surface area contributed by atoms with Crippen LogP contribution < -0.4 is 15.4 Å². The molecule has 2 aromatic rings. The van der Waals surface area contributed by atoms with Gasteiger partial charge >= 0.3 is 0 Å². The Bertz CT molecular complexity index is 711. The van der Waals surface area contributed by atoms with Gasteiger partial charge in [-0.25, -0.2) is 4.98 Å². The first-order valence-corrected chi connectivity index (χ1v) is 7.64. The number of aryl methyl sites for hydroxylation is 1. The van der Waals surface area contributed by atoms with Crippen LogP contribution >= 0.6 is 11.3 Å². The maximum absolute atomic E-state index is 12.2. The lowest BCUT2D eigenvalue weighted by Crippen LogP contribution is -2.43. The smallest absolute Gasteiger partial charge is 0.267 e. The third-order valence-corrected chi connectivity index (χ3v) is 4.45. The average molecular weight is 303 g/mol. The van der Waals surface area contributed by atoms with Gasteiger partial charge in [0.15, 0.2) is 11.2 Å². The molecule has 1 aromatic heterocycles. The minimum atomic E-state index is -0.398. The number of likely N-dealkylation sites (N-methyl/N-ethyl adjacent to an activating group) is 1. The zero-order valence-electron chi connectivity index (χ0n) is 12.2. The van der Waals surface area contributed by atoms with Crippen LogP contribution in [0.15, 0.2) is 18.2 Å². The van der Waals surface area contributed by atoms with Crippen molar-refractivity contribution >= 4 is 28.1 Å². The van der Waals surface area contributed by atoms with Gasteiger partial charge in [-0.05, 0) is 31.5 Å². The standard InChI is InChI=1S/C15H17N3O2S/c1-4-11-14(19)18(3)10-7-9(5-6-12(10)20-11)13-8(2)21-15(16)17-13/h5-7,11H,4H2,1-3H3,(H2,16,17). The Hall–Kier alpha value is -2.08. The van der Waals surface area contributed by atoms with E-state index in [2.05, 4.69) is 4.98 Å². The SMILES string of the molecule is CCC1Oc2ccc(-c3nc(N)sc3C)cc2N(C)C1=O. The fraction of sp³-hybridized carbons (Fsp3) is 0.333. The van der Waals surface area contributed by atoms with Crippen molar-refractivity contribution < 1.29 is 9.53 Å². The van der Waals surface area contributed by atoms with Gasteiger partial charge in [0.25, 0.3) is 5.91 Å². The van der Waals surface area contributed by atoms with E-state index in [1.165, 1.54) is 11.3 Å². The largest absolute Gasteiger partial charge is 0.478 e. The molecular weight excluding hydrogens is 286 g/mol. The molecular formula is C15H17N3O2S. The summed E-state index contributed by atoms with van der Waals surface area (Å²) in [5.41, 5.74) is 8.33. The molecule has 0 bridgehead atoms. The molecule has 0 spiro atoms. The van der Waals surface area contributed by atoms with Crippen molar-refractivity contribution in [2.24, 2.45) is 0 Å². The van der Waals surface area contributed by atoms with Gasteiger partial charge in [-0.15, -0.1) is 11.3 Å². The van der Waals surface area contributed by atoms with Gasteiger partial charge in [0.2, 0.25) is 0 Å². The highest BCUT2D eigenvalue weighted by Crippen LogP contribution is 2.38. The predicted octanol–water partition coefficient (Wildman–Crippen LogP) is 2.83. The van der Waals surface area contributed by atoms with Crippen LogP contribution in [-0.2, 0) is 4.79 Å². The molecule has 1 unspecified atom stereocenters. The number of anilines is 2. The first kappa shape index (κ1) is 13.9. The fourth-order valence-electron chi connectivity index (χ4n) is 2.51. The van der Waals surface area contributed by atoms with E-state index in [-0.39, 0.29) is 5.91 Å². The second-order valence-electron chi connectivity index (χ2n) is 5.05. The monoisotopic (exact) mass is 303 g/mol. The second kappa shape index (κ2) is 5.04. The number of hydrogen-bond donors (Lipinski definition) is 1.